The predicted molar refractivity (Wildman–Crippen MR) is 166 cm³/mol. The monoisotopic (exact) mass is 856 g/mol. The molecule has 312 valence electrons. The van der Waals surface area contributed by atoms with Crippen LogP contribution in [0.15, 0.2) is 72.8 Å². The molecule has 12 nitrogen and oxygen atoms in total. The lowest BCUT2D eigenvalue weighted by atomic mass is 9.73. The highest BCUT2D eigenvalue weighted by atomic mass is 19.4. The predicted octanol–water partition coefficient (Wildman–Crippen LogP) is 8.37. The number of hydrogen-bond donors (Lipinski definition) is 4. The van der Waals surface area contributed by atoms with Crippen LogP contribution in [0.4, 0.5) is 52.7 Å². The van der Waals surface area contributed by atoms with Crippen molar-refractivity contribution in [1.29, 1.82) is 0 Å². The summed E-state index contributed by atoms with van der Waals surface area (Å²) in [4.78, 5) is 71.2. The maximum absolute atomic E-state index is 14.7. The Hall–Kier alpha value is -7.14. The van der Waals surface area contributed by atoms with Gasteiger partial charge in [0.15, 0.2) is 0 Å². The summed E-state index contributed by atoms with van der Waals surface area (Å²) in [7, 11) is 0. The van der Waals surface area contributed by atoms with Crippen molar-refractivity contribution < 1.29 is 111 Å². The number of carbonyl (C=O) groups excluding carboxylic acids is 2. The summed E-state index contributed by atoms with van der Waals surface area (Å²) >= 11 is 0. The molecule has 0 saturated heterocycles. The van der Waals surface area contributed by atoms with E-state index in [1.807, 2.05) is 0 Å². The van der Waals surface area contributed by atoms with Crippen molar-refractivity contribution in [3.8, 4) is 11.5 Å². The van der Waals surface area contributed by atoms with Gasteiger partial charge in [-0.2, -0.15) is 52.7 Å². The Labute approximate surface area is 317 Å². The molecule has 4 aromatic carbocycles. The number of benzene rings is 4. The van der Waals surface area contributed by atoms with Crippen molar-refractivity contribution in [2.75, 3.05) is 0 Å². The van der Waals surface area contributed by atoms with Gasteiger partial charge in [0.05, 0.1) is 44.5 Å². The van der Waals surface area contributed by atoms with Crippen LogP contribution in [0.2, 0.25) is 0 Å². The van der Waals surface area contributed by atoms with Crippen molar-refractivity contribution in [3.63, 3.8) is 0 Å². The maximum Gasteiger partial charge on any atom is 0.417 e. The first kappa shape index (κ1) is 44.6. The second-order valence-electron chi connectivity index (χ2n) is 11.7. The highest BCUT2D eigenvalue weighted by Crippen LogP contribution is 2.56. The molecule has 0 fully saturated rings. The van der Waals surface area contributed by atoms with E-state index in [-0.39, 0.29) is 48.5 Å². The minimum atomic E-state index is -6.29. The lowest BCUT2D eigenvalue weighted by Gasteiger charge is -2.38. The number of esters is 2. The molecule has 0 radical (unpaired) electrons. The molecule has 0 unspecified atom stereocenters. The van der Waals surface area contributed by atoms with Crippen molar-refractivity contribution in [2.45, 2.75) is 30.1 Å². The van der Waals surface area contributed by atoms with E-state index in [4.69, 9.17) is 19.7 Å². The number of carboxylic acid groups (broad SMARTS) is 4. The first-order chi connectivity index (χ1) is 26.9. The summed E-state index contributed by atoms with van der Waals surface area (Å²) in [6.07, 6.45) is -23.7. The zero-order valence-corrected chi connectivity index (χ0v) is 28.0. The van der Waals surface area contributed by atoms with Gasteiger partial charge >= 0.3 is 60.5 Å². The molecule has 0 heterocycles. The average Bonchev–Trinajstić information content (AvgIpc) is 3.09. The van der Waals surface area contributed by atoms with Gasteiger partial charge in [0.2, 0.25) is 5.41 Å². The lowest BCUT2D eigenvalue weighted by molar-refractivity contribution is -0.288. The van der Waals surface area contributed by atoms with Gasteiger partial charge in [-0.25, -0.2) is 28.8 Å². The average molecular weight is 856 g/mol. The summed E-state index contributed by atoms with van der Waals surface area (Å²) in [6, 6.07) is 1.96. The van der Waals surface area contributed by atoms with Crippen LogP contribution in [-0.2, 0) is 17.8 Å². The molecule has 59 heavy (non-hydrogen) atoms. The topological polar surface area (TPSA) is 202 Å². The molecule has 0 aliphatic rings. The number of halogens is 12. The third-order valence-electron chi connectivity index (χ3n) is 8.09. The van der Waals surface area contributed by atoms with Gasteiger partial charge in [-0.05, 0) is 59.7 Å². The van der Waals surface area contributed by atoms with E-state index < -0.39 is 133 Å². The zero-order valence-electron chi connectivity index (χ0n) is 28.0. The van der Waals surface area contributed by atoms with Crippen LogP contribution < -0.4 is 9.47 Å². The second-order valence-corrected chi connectivity index (χ2v) is 11.7. The molecule has 0 aliphatic carbocycles. The molecule has 0 amide bonds. The number of ether oxygens (including phenoxy) is 2. The molecule has 4 aromatic rings. The second kappa shape index (κ2) is 15.3. The van der Waals surface area contributed by atoms with E-state index in [0.29, 0.717) is 24.3 Å². The summed E-state index contributed by atoms with van der Waals surface area (Å²) in [5.41, 5.74) is -21.6. The van der Waals surface area contributed by atoms with E-state index >= 15 is 0 Å². The molecule has 0 spiro atoms. The number of alkyl halides is 12. The molecule has 24 heteroatoms. The Kier molecular flexibility index (Phi) is 11.6. The van der Waals surface area contributed by atoms with Crippen LogP contribution in [-0.4, -0.2) is 68.6 Å². The fourth-order valence-electron chi connectivity index (χ4n) is 5.63. The van der Waals surface area contributed by atoms with E-state index in [0.717, 1.165) is 0 Å². The quantitative estimate of drug-likeness (QED) is 0.0676. The minimum absolute atomic E-state index is 0.117. The molecule has 0 aromatic heterocycles. The molecule has 0 saturated carbocycles. The Bertz CT molecular complexity index is 2210. The van der Waals surface area contributed by atoms with Crippen LogP contribution in [0, 0.1) is 0 Å². The third kappa shape index (κ3) is 8.59. The first-order valence-electron chi connectivity index (χ1n) is 15.2. The van der Waals surface area contributed by atoms with Gasteiger partial charge in [0.1, 0.15) is 11.5 Å². The molecule has 4 rings (SSSR count). The van der Waals surface area contributed by atoms with E-state index in [2.05, 4.69) is 0 Å². The molecular weight excluding hydrogens is 840 g/mol. The largest absolute Gasteiger partial charge is 0.478 e. The summed E-state index contributed by atoms with van der Waals surface area (Å²) in [5, 5.41) is 36.8. The van der Waals surface area contributed by atoms with Crippen molar-refractivity contribution in [1.82, 2.24) is 0 Å². The normalized spacial score (nSPS) is 12.4. The smallest absolute Gasteiger partial charge is 0.417 e. The van der Waals surface area contributed by atoms with Crippen molar-refractivity contribution >= 4 is 35.8 Å². The zero-order chi connectivity index (χ0) is 44.8. The summed E-state index contributed by atoms with van der Waals surface area (Å²) in [5.74, 6) is -14.8. The van der Waals surface area contributed by atoms with E-state index in [1.54, 1.807) is 0 Å². The molecule has 0 aliphatic heterocycles. The Morgan fingerprint density at radius 3 is 0.932 bits per heavy atom. The first-order valence-corrected chi connectivity index (χ1v) is 15.2. The SMILES string of the molecule is O=C(Oc1ccc(C(c2ccc(OC(=O)c3cc(C(=O)O)c(C(=O)O)c(C(F)(F)F)c3)cc2)(C(F)(F)F)C(F)(F)F)cc1)c1cc(C(=O)O)c(C(=O)O)c(C(F)(F)F)c1. The standard InChI is InChI=1S/C35H16F12O12/c36-32(37,38)21-11-13(9-19(25(48)49)23(21)27(52)53)29(56)58-17-5-1-15(2-6-17)31(34(42,43)44,35(45,46)47)16-3-7-18(8-4-16)59-30(57)14-10-20(26(50)51)24(28(54)55)22(12-14)33(39,40)41/h1-12H,(H,48,49)(H,50,51)(H,52,53)(H,54,55). The highest BCUT2D eigenvalue weighted by molar-refractivity contribution is 6.06. The van der Waals surface area contributed by atoms with Gasteiger partial charge in [-0.1, -0.05) is 24.3 Å². The number of hydrogen-bond acceptors (Lipinski definition) is 8. The van der Waals surface area contributed by atoms with E-state index in [9.17, 15) is 91.7 Å². The molecular formula is C35H16F12O12. The molecule has 0 atom stereocenters. The minimum Gasteiger partial charge on any atom is -0.478 e. The van der Waals surface area contributed by atoms with Gasteiger partial charge in [-0.3, -0.25) is 0 Å². The van der Waals surface area contributed by atoms with Crippen molar-refractivity contribution in [2.24, 2.45) is 0 Å². The maximum atomic E-state index is 14.7. The van der Waals surface area contributed by atoms with Crippen LogP contribution in [0.25, 0.3) is 0 Å². The number of carboxylic acids is 4. The Balaban J connectivity index is 1.73. The van der Waals surface area contributed by atoms with Gasteiger partial charge in [0, 0.05) is 0 Å². The number of rotatable bonds is 10. The summed E-state index contributed by atoms with van der Waals surface area (Å²) in [6.45, 7) is 0. The molecule has 4 N–H and O–H groups in total. The third-order valence-corrected chi connectivity index (χ3v) is 8.09. The Morgan fingerprint density at radius 1 is 0.424 bits per heavy atom. The summed E-state index contributed by atoms with van der Waals surface area (Å²) < 4.78 is 179. The molecule has 0 bridgehead atoms. The number of carbonyl (C=O) groups is 6. The van der Waals surface area contributed by atoms with Crippen LogP contribution in [0.1, 0.15) is 84.4 Å². The fourth-order valence-corrected chi connectivity index (χ4v) is 5.63. The van der Waals surface area contributed by atoms with Gasteiger partial charge < -0.3 is 29.9 Å². The van der Waals surface area contributed by atoms with Crippen LogP contribution in [0.3, 0.4) is 0 Å². The number of aromatic carboxylic acids is 4. The van der Waals surface area contributed by atoms with E-state index in [1.165, 1.54) is 0 Å². The Morgan fingerprint density at radius 2 is 0.712 bits per heavy atom. The van der Waals surface area contributed by atoms with Crippen LogP contribution in [0.5, 0.6) is 11.5 Å². The fraction of sp³-hybridized carbons (Fsp3) is 0.143. The van der Waals surface area contributed by atoms with Crippen molar-refractivity contribution in [3.05, 3.63) is 128 Å². The van der Waals surface area contributed by atoms with Gasteiger partial charge in [-0.15, -0.1) is 0 Å². The highest BCUT2D eigenvalue weighted by Gasteiger charge is 2.72. The lowest BCUT2D eigenvalue weighted by Crippen LogP contribution is -2.54. The van der Waals surface area contributed by atoms with Gasteiger partial charge in [0.25, 0.3) is 0 Å². The van der Waals surface area contributed by atoms with Crippen LogP contribution >= 0.6 is 0 Å².